The Morgan fingerprint density at radius 2 is 0.714 bits per heavy atom. The standard InChI is InChI=1S/C13H24.H2O/c1-2-5-9-12(8-4-1)13-10-6-3-7-11-13;/h12-13H,1-11H2;1H2. The molecule has 1 nitrogen and oxygen atoms in total. The highest BCUT2D eigenvalue weighted by atomic mass is 16.0. The van der Waals surface area contributed by atoms with Crippen molar-refractivity contribution in [3.05, 3.63) is 0 Å². The van der Waals surface area contributed by atoms with Gasteiger partial charge in [0.15, 0.2) is 0 Å². The highest BCUT2D eigenvalue weighted by molar-refractivity contribution is 4.75. The van der Waals surface area contributed by atoms with E-state index in [2.05, 4.69) is 0 Å². The number of hydrogen-bond acceptors (Lipinski definition) is 0. The van der Waals surface area contributed by atoms with Gasteiger partial charge >= 0.3 is 0 Å². The van der Waals surface area contributed by atoms with Crippen LogP contribution in [0.1, 0.15) is 70.6 Å². The van der Waals surface area contributed by atoms with Crippen LogP contribution in [0.5, 0.6) is 0 Å². The highest BCUT2D eigenvalue weighted by Crippen LogP contribution is 2.37. The molecule has 0 heterocycles. The average molecular weight is 198 g/mol. The van der Waals surface area contributed by atoms with E-state index in [1.165, 1.54) is 44.9 Å². The third-order valence-corrected chi connectivity index (χ3v) is 4.22. The second-order valence-corrected chi connectivity index (χ2v) is 5.15. The second-order valence-electron chi connectivity index (χ2n) is 5.15. The van der Waals surface area contributed by atoms with Gasteiger partial charge in [0.2, 0.25) is 0 Å². The van der Waals surface area contributed by atoms with Gasteiger partial charge in [-0.2, -0.15) is 0 Å². The van der Waals surface area contributed by atoms with Crippen molar-refractivity contribution in [1.29, 1.82) is 0 Å². The molecule has 1 heteroatoms. The smallest absolute Gasteiger partial charge is 0.0386 e. The van der Waals surface area contributed by atoms with Gasteiger partial charge in [0, 0.05) is 0 Å². The molecule has 2 aliphatic rings. The molecule has 0 aliphatic heterocycles. The second kappa shape index (κ2) is 6.44. The molecule has 0 aromatic carbocycles. The van der Waals surface area contributed by atoms with Crippen molar-refractivity contribution in [2.24, 2.45) is 11.8 Å². The fourth-order valence-electron chi connectivity index (χ4n) is 3.39. The molecule has 0 amide bonds. The Bertz CT molecular complexity index is 130. The van der Waals surface area contributed by atoms with Crippen LogP contribution in [0.2, 0.25) is 0 Å². The lowest BCUT2D eigenvalue weighted by atomic mass is 9.77. The van der Waals surface area contributed by atoms with Crippen LogP contribution in [0.4, 0.5) is 0 Å². The van der Waals surface area contributed by atoms with E-state index >= 15 is 0 Å². The molecule has 2 rings (SSSR count). The Labute approximate surface area is 88.6 Å². The third kappa shape index (κ3) is 3.27. The van der Waals surface area contributed by atoms with Crippen LogP contribution in [0, 0.1) is 11.8 Å². The van der Waals surface area contributed by atoms with Crippen LogP contribution in [-0.4, -0.2) is 5.48 Å². The summed E-state index contributed by atoms with van der Waals surface area (Å²) < 4.78 is 0. The summed E-state index contributed by atoms with van der Waals surface area (Å²) in [7, 11) is 0. The van der Waals surface area contributed by atoms with Crippen molar-refractivity contribution < 1.29 is 5.48 Å². The van der Waals surface area contributed by atoms with Gasteiger partial charge < -0.3 is 5.48 Å². The van der Waals surface area contributed by atoms with Crippen LogP contribution in [-0.2, 0) is 0 Å². The van der Waals surface area contributed by atoms with Crippen LogP contribution in [0.15, 0.2) is 0 Å². The lowest BCUT2D eigenvalue weighted by Crippen LogP contribution is -2.17. The Hall–Kier alpha value is -0.0400. The summed E-state index contributed by atoms with van der Waals surface area (Å²) >= 11 is 0. The number of rotatable bonds is 1. The summed E-state index contributed by atoms with van der Waals surface area (Å²) in [6.07, 6.45) is 16.9. The van der Waals surface area contributed by atoms with Gasteiger partial charge in [-0.05, 0) is 11.8 Å². The van der Waals surface area contributed by atoms with Crippen LogP contribution < -0.4 is 0 Å². The van der Waals surface area contributed by atoms with Crippen LogP contribution in [0.3, 0.4) is 0 Å². The lowest BCUT2D eigenvalue weighted by Gasteiger charge is -2.29. The fraction of sp³-hybridized carbons (Fsp3) is 1.00. The quantitative estimate of drug-likeness (QED) is 0.575. The van der Waals surface area contributed by atoms with Crippen molar-refractivity contribution in [3.63, 3.8) is 0 Å². The van der Waals surface area contributed by atoms with E-state index in [1.54, 1.807) is 25.7 Å². The number of hydrogen-bond donors (Lipinski definition) is 0. The molecular weight excluding hydrogens is 172 g/mol. The maximum absolute atomic E-state index is 1.56. The largest absolute Gasteiger partial charge is 0.412 e. The SMILES string of the molecule is C1CCCC(C2CCCCC2)CC1.O. The molecular formula is C13H26O. The lowest BCUT2D eigenvalue weighted by molar-refractivity contribution is 0.227. The van der Waals surface area contributed by atoms with Crippen LogP contribution >= 0.6 is 0 Å². The maximum Gasteiger partial charge on any atom is -0.0386 e. The Kier molecular flexibility index (Phi) is 5.54. The first-order chi connectivity index (χ1) is 6.47. The zero-order chi connectivity index (χ0) is 8.93. The van der Waals surface area contributed by atoms with Gasteiger partial charge in [-0.15, -0.1) is 0 Å². The van der Waals surface area contributed by atoms with Crippen molar-refractivity contribution in [2.75, 3.05) is 0 Å². The van der Waals surface area contributed by atoms with Crippen molar-refractivity contribution in [1.82, 2.24) is 0 Å². The van der Waals surface area contributed by atoms with Gasteiger partial charge in [-0.3, -0.25) is 0 Å². The van der Waals surface area contributed by atoms with E-state index in [4.69, 9.17) is 0 Å². The average Bonchev–Trinajstić information content (AvgIpc) is 2.47. The fourth-order valence-corrected chi connectivity index (χ4v) is 3.39. The molecule has 0 bridgehead atoms. The molecule has 2 N–H and O–H groups in total. The molecule has 0 unspecified atom stereocenters. The van der Waals surface area contributed by atoms with E-state index in [1.807, 2.05) is 0 Å². The first kappa shape index (κ1) is 12.0. The molecule has 0 aromatic rings. The molecule has 84 valence electrons. The van der Waals surface area contributed by atoms with Crippen LogP contribution in [0.25, 0.3) is 0 Å². The topological polar surface area (TPSA) is 31.5 Å². The molecule has 0 atom stereocenters. The molecule has 0 radical (unpaired) electrons. The maximum atomic E-state index is 1.56. The monoisotopic (exact) mass is 198 g/mol. The third-order valence-electron chi connectivity index (χ3n) is 4.22. The van der Waals surface area contributed by atoms with E-state index in [-0.39, 0.29) is 5.48 Å². The molecule has 0 saturated heterocycles. The first-order valence-corrected chi connectivity index (χ1v) is 6.47. The zero-order valence-electron chi connectivity index (χ0n) is 9.43. The minimum atomic E-state index is 0. The van der Waals surface area contributed by atoms with E-state index < -0.39 is 0 Å². The first-order valence-electron chi connectivity index (χ1n) is 6.47. The Balaban J connectivity index is 0.000000980. The summed E-state index contributed by atoms with van der Waals surface area (Å²) in [6.45, 7) is 0. The highest BCUT2D eigenvalue weighted by Gasteiger charge is 2.23. The molecule has 0 aromatic heterocycles. The van der Waals surface area contributed by atoms with E-state index in [0.29, 0.717) is 0 Å². The predicted octanol–water partition coefficient (Wildman–Crippen LogP) is 3.71. The normalized spacial score (nSPS) is 26.6. The minimum Gasteiger partial charge on any atom is -0.412 e. The van der Waals surface area contributed by atoms with Gasteiger partial charge in [0.1, 0.15) is 0 Å². The molecule has 2 saturated carbocycles. The molecule has 0 spiro atoms. The Morgan fingerprint density at radius 1 is 0.429 bits per heavy atom. The summed E-state index contributed by atoms with van der Waals surface area (Å²) in [4.78, 5) is 0. The van der Waals surface area contributed by atoms with Gasteiger partial charge in [0.25, 0.3) is 0 Å². The van der Waals surface area contributed by atoms with E-state index in [9.17, 15) is 0 Å². The van der Waals surface area contributed by atoms with Gasteiger partial charge in [0.05, 0.1) is 0 Å². The summed E-state index contributed by atoms with van der Waals surface area (Å²) in [5, 5.41) is 0. The molecule has 2 fully saturated rings. The molecule has 2 aliphatic carbocycles. The van der Waals surface area contributed by atoms with Crippen molar-refractivity contribution in [2.45, 2.75) is 70.6 Å². The van der Waals surface area contributed by atoms with Gasteiger partial charge in [-0.1, -0.05) is 70.6 Å². The van der Waals surface area contributed by atoms with Gasteiger partial charge in [-0.25, -0.2) is 0 Å². The van der Waals surface area contributed by atoms with Crippen molar-refractivity contribution >= 4 is 0 Å². The summed E-state index contributed by atoms with van der Waals surface area (Å²) in [5.41, 5.74) is 0. The molecule has 14 heavy (non-hydrogen) atoms. The van der Waals surface area contributed by atoms with E-state index in [0.717, 1.165) is 11.8 Å². The minimum absolute atomic E-state index is 0. The zero-order valence-corrected chi connectivity index (χ0v) is 9.43. The van der Waals surface area contributed by atoms with Crippen molar-refractivity contribution in [3.8, 4) is 0 Å². The summed E-state index contributed by atoms with van der Waals surface area (Å²) in [6, 6.07) is 0. The Morgan fingerprint density at radius 3 is 1.07 bits per heavy atom. The summed E-state index contributed by atoms with van der Waals surface area (Å²) in [5.74, 6) is 2.26. The predicted molar refractivity (Wildman–Crippen MR) is 61.4 cm³/mol.